The summed E-state index contributed by atoms with van der Waals surface area (Å²) < 4.78 is 1.30. The van der Waals surface area contributed by atoms with Crippen LogP contribution >= 0.6 is 11.3 Å². The fourth-order valence-corrected chi connectivity index (χ4v) is 6.25. The number of rotatable bonds is 6. The van der Waals surface area contributed by atoms with Gasteiger partial charge in [0, 0.05) is 50.2 Å². The zero-order chi connectivity index (χ0) is 26.1. The molecule has 0 spiro atoms. The normalized spacial score (nSPS) is 14.3. The Morgan fingerprint density at radius 2 is 1.63 bits per heavy atom. The van der Waals surface area contributed by atoms with E-state index in [-0.39, 0.29) is 5.91 Å². The number of hydrogen-bond acceptors (Lipinski definition) is 6. The Bertz CT molecular complexity index is 1570. The van der Waals surface area contributed by atoms with Crippen molar-refractivity contribution < 1.29 is 4.79 Å². The van der Waals surface area contributed by atoms with E-state index in [2.05, 4.69) is 41.1 Å². The van der Waals surface area contributed by atoms with Gasteiger partial charge in [0.2, 0.25) is 0 Å². The molecule has 6 nitrogen and oxygen atoms in total. The Labute approximate surface area is 226 Å². The van der Waals surface area contributed by atoms with Crippen LogP contribution in [0.2, 0.25) is 0 Å². The van der Waals surface area contributed by atoms with Crippen molar-refractivity contribution in [1.82, 2.24) is 20.2 Å². The van der Waals surface area contributed by atoms with Crippen molar-refractivity contribution in [2.24, 2.45) is 0 Å². The van der Waals surface area contributed by atoms with Gasteiger partial charge in [-0.1, -0.05) is 72.0 Å². The van der Waals surface area contributed by atoms with Gasteiger partial charge >= 0.3 is 0 Å². The lowest BCUT2D eigenvalue weighted by molar-refractivity contribution is 0.0949. The molecule has 38 heavy (non-hydrogen) atoms. The first-order valence-corrected chi connectivity index (χ1v) is 14.0. The van der Waals surface area contributed by atoms with Crippen LogP contribution in [0.15, 0.2) is 72.8 Å². The van der Waals surface area contributed by atoms with Gasteiger partial charge in [-0.15, -0.1) is 0 Å². The van der Waals surface area contributed by atoms with E-state index in [1.165, 1.54) is 15.8 Å². The van der Waals surface area contributed by atoms with Crippen LogP contribution in [-0.4, -0.2) is 60.0 Å². The van der Waals surface area contributed by atoms with E-state index in [0.717, 1.165) is 65.5 Å². The summed E-state index contributed by atoms with van der Waals surface area (Å²) in [6.45, 7) is 9.53. The average molecular weight is 522 g/mol. The first-order valence-electron chi connectivity index (χ1n) is 13.1. The zero-order valence-electron chi connectivity index (χ0n) is 21.8. The SMILES string of the molecule is Cc1ccc(C)c2sc(N3CCN(CCNC(=O)c4cc(-c5ccccc5)nc5ccccc45)CC3)nc12. The van der Waals surface area contributed by atoms with Crippen molar-refractivity contribution in [3.63, 3.8) is 0 Å². The molecular weight excluding hydrogens is 490 g/mol. The number of thiazole rings is 1. The molecule has 1 N–H and O–H groups in total. The van der Waals surface area contributed by atoms with E-state index in [4.69, 9.17) is 9.97 Å². The molecule has 1 aliphatic heterocycles. The topological polar surface area (TPSA) is 61.4 Å². The Hall–Kier alpha value is -3.81. The summed E-state index contributed by atoms with van der Waals surface area (Å²) in [5.74, 6) is -0.0559. The van der Waals surface area contributed by atoms with Gasteiger partial charge < -0.3 is 10.2 Å². The lowest BCUT2D eigenvalue weighted by atomic mass is 10.0. The molecule has 0 unspecified atom stereocenters. The van der Waals surface area contributed by atoms with Gasteiger partial charge in [-0.2, -0.15) is 0 Å². The van der Waals surface area contributed by atoms with Crippen LogP contribution < -0.4 is 10.2 Å². The van der Waals surface area contributed by atoms with Crippen molar-refractivity contribution in [1.29, 1.82) is 0 Å². The molecule has 5 aromatic rings. The largest absolute Gasteiger partial charge is 0.351 e. The molecule has 0 bridgehead atoms. The van der Waals surface area contributed by atoms with E-state index in [0.29, 0.717) is 12.1 Å². The summed E-state index contributed by atoms with van der Waals surface area (Å²) >= 11 is 1.80. The molecule has 192 valence electrons. The molecule has 0 saturated carbocycles. The summed E-state index contributed by atoms with van der Waals surface area (Å²) in [6.07, 6.45) is 0. The minimum absolute atomic E-state index is 0.0559. The van der Waals surface area contributed by atoms with Crippen molar-refractivity contribution in [2.75, 3.05) is 44.2 Å². The number of anilines is 1. The second-order valence-electron chi connectivity index (χ2n) is 9.90. The number of carbonyl (C=O) groups excluding carboxylic acids is 1. The molecule has 1 fully saturated rings. The number of amides is 1. The van der Waals surface area contributed by atoms with Crippen LogP contribution in [0.5, 0.6) is 0 Å². The molecule has 6 rings (SSSR count). The third-order valence-electron chi connectivity index (χ3n) is 7.32. The smallest absolute Gasteiger partial charge is 0.252 e. The number of benzene rings is 3. The van der Waals surface area contributed by atoms with Crippen molar-refractivity contribution >= 4 is 43.5 Å². The fraction of sp³-hybridized carbons (Fsp3) is 0.258. The molecule has 0 aliphatic carbocycles. The number of para-hydroxylation sites is 1. The van der Waals surface area contributed by atoms with E-state index in [1.54, 1.807) is 11.3 Å². The highest BCUT2D eigenvalue weighted by Gasteiger charge is 2.21. The Morgan fingerprint density at radius 1 is 0.895 bits per heavy atom. The number of aromatic nitrogens is 2. The number of pyridine rings is 1. The second kappa shape index (κ2) is 10.5. The molecule has 7 heteroatoms. The second-order valence-corrected chi connectivity index (χ2v) is 10.9. The molecule has 1 saturated heterocycles. The number of nitrogens with one attached hydrogen (secondary N) is 1. The maximum Gasteiger partial charge on any atom is 0.252 e. The first kappa shape index (κ1) is 24.5. The molecule has 0 radical (unpaired) electrons. The number of carbonyl (C=O) groups is 1. The van der Waals surface area contributed by atoms with Crippen LogP contribution in [0.4, 0.5) is 5.13 Å². The molecule has 3 heterocycles. The van der Waals surface area contributed by atoms with Gasteiger partial charge in [0.05, 0.1) is 27.0 Å². The highest BCUT2D eigenvalue weighted by molar-refractivity contribution is 7.22. The summed E-state index contributed by atoms with van der Waals surface area (Å²) in [5, 5.41) is 5.15. The van der Waals surface area contributed by atoms with Gasteiger partial charge in [-0.25, -0.2) is 9.97 Å². The molecular formula is C31H31N5OS. The molecule has 1 aliphatic rings. The van der Waals surface area contributed by atoms with Crippen LogP contribution in [0, 0.1) is 13.8 Å². The molecule has 3 aromatic carbocycles. The van der Waals surface area contributed by atoms with Crippen LogP contribution in [0.3, 0.4) is 0 Å². The Balaban J connectivity index is 1.08. The Morgan fingerprint density at radius 3 is 2.42 bits per heavy atom. The van der Waals surface area contributed by atoms with Crippen molar-refractivity contribution in [3.8, 4) is 11.3 Å². The first-order chi connectivity index (χ1) is 18.6. The molecule has 2 aromatic heterocycles. The maximum atomic E-state index is 13.3. The average Bonchev–Trinajstić information content (AvgIpc) is 3.42. The van der Waals surface area contributed by atoms with E-state index in [9.17, 15) is 4.79 Å². The predicted octanol–water partition coefficient (Wildman–Crippen LogP) is 5.68. The van der Waals surface area contributed by atoms with Crippen LogP contribution in [-0.2, 0) is 0 Å². The zero-order valence-corrected chi connectivity index (χ0v) is 22.6. The minimum Gasteiger partial charge on any atom is -0.351 e. The number of hydrogen-bond donors (Lipinski definition) is 1. The third kappa shape index (κ3) is 4.87. The summed E-state index contributed by atoms with van der Waals surface area (Å²) in [5.41, 5.74) is 6.97. The van der Waals surface area contributed by atoms with E-state index in [1.807, 2.05) is 60.7 Å². The lowest BCUT2D eigenvalue weighted by Gasteiger charge is -2.34. The summed E-state index contributed by atoms with van der Waals surface area (Å²) in [4.78, 5) is 27.9. The lowest BCUT2D eigenvalue weighted by Crippen LogP contribution is -2.48. The monoisotopic (exact) mass is 521 g/mol. The van der Waals surface area contributed by atoms with Gasteiger partial charge in [-0.05, 0) is 37.1 Å². The number of aryl methyl sites for hydroxylation is 2. The van der Waals surface area contributed by atoms with Gasteiger partial charge in [0.15, 0.2) is 5.13 Å². The number of piperazine rings is 1. The standard InChI is InChI=1S/C31H31N5OS/c1-21-12-13-22(2)29-28(21)34-31(38-29)36-18-16-35(17-19-36)15-14-32-30(37)25-20-27(23-8-4-3-5-9-23)33-26-11-7-6-10-24(25)26/h3-13,20H,14-19H2,1-2H3,(H,32,37). The van der Waals surface area contributed by atoms with Crippen LogP contribution in [0.25, 0.3) is 32.4 Å². The van der Waals surface area contributed by atoms with Gasteiger partial charge in [0.25, 0.3) is 5.91 Å². The molecule has 0 atom stereocenters. The maximum absolute atomic E-state index is 13.3. The van der Waals surface area contributed by atoms with Crippen molar-refractivity contribution in [3.05, 3.63) is 89.5 Å². The quantitative estimate of drug-likeness (QED) is 0.312. The number of fused-ring (bicyclic) bond motifs is 2. The van der Waals surface area contributed by atoms with Gasteiger partial charge in [-0.3, -0.25) is 9.69 Å². The third-order valence-corrected chi connectivity index (χ3v) is 8.57. The fourth-order valence-electron chi connectivity index (χ4n) is 5.09. The molecule has 1 amide bonds. The predicted molar refractivity (Wildman–Crippen MR) is 157 cm³/mol. The van der Waals surface area contributed by atoms with Crippen LogP contribution in [0.1, 0.15) is 21.5 Å². The van der Waals surface area contributed by atoms with Gasteiger partial charge in [0.1, 0.15) is 0 Å². The Kier molecular flexibility index (Phi) is 6.79. The summed E-state index contributed by atoms with van der Waals surface area (Å²) in [7, 11) is 0. The minimum atomic E-state index is -0.0559. The van der Waals surface area contributed by atoms with E-state index >= 15 is 0 Å². The highest BCUT2D eigenvalue weighted by atomic mass is 32.1. The van der Waals surface area contributed by atoms with Crippen molar-refractivity contribution in [2.45, 2.75) is 13.8 Å². The summed E-state index contributed by atoms with van der Waals surface area (Å²) in [6, 6.07) is 24.1. The van der Waals surface area contributed by atoms with E-state index < -0.39 is 0 Å². The number of nitrogens with zero attached hydrogens (tertiary/aromatic N) is 4. The highest BCUT2D eigenvalue weighted by Crippen LogP contribution is 2.33.